The Kier molecular flexibility index (Phi) is 6.23. The number of hydrogen-bond donors (Lipinski definition) is 1. The van der Waals surface area contributed by atoms with Gasteiger partial charge in [0.05, 0.1) is 16.7 Å². The number of sulfonamides is 1. The summed E-state index contributed by atoms with van der Waals surface area (Å²) in [5.74, 6) is -0.248. The summed E-state index contributed by atoms with van der Waals surface area (Å²) in [6, 6.07) is 30.5. The van der Waals surface area contributed by atoms with E-state index in [2.05, 4.69) is 9.93 Å². The molecule has 0 unspecified atom stereocenters. The van der Waals surface area contributed by atoms with E-state index >= 15 is 0 Å². The molecule has 0 bridgehead atoms. The average molecular weight is 495 g/mol. The van der Waals surface area contributed by atoms with Crippen LogP contribution in [0.3, 0.4) is 0 Å². The van der Waals surface area contributed by atoms with Crippen LogP contribution in [0.4, 0.5) is 0 Å². The number of ether oxygens (including phenoxy) is 1. The molecule has 0 saturated heterocycles. The van der Waals surface area contributed by atoms with Crippen molar-refractivity contribution in [2.75, 3.05) is 0 Å². The summed E-state index contributed by atoms with van der Waals surface area (Å²) in [6.07, 6.45) is 1.36. The number of fused-ring (bicyclic) bond motifs is 2. The topological polar surface area (TPSA) is 84.8 Å². The van der Waals surface area contributed by atoms with Crippen LogP contribution in [0.15, 0.2) is 113 Å². The average Bonchev–Trinajstić information content (AvgIpc) is 2.89. The Morgan fingerprint density at radius 3 is 2.17 bits per heavy atom. The smallest absolute Gasteiger partial charge is 0.344 e. The zero-order valence-electron chi connectivity index (χ0n) is 19.4. The second-order valence-corrected chi connectivity index (χ2v) is 9.94. The Labute approximate surface area is 208 Å². The molecule has 1 N–H and O–H groups in total. The van der Waals surface area contributed by atoms with E-state index in [1.165, 1.54) is 18.3 Å². The van der Waals surface area contributed by atoms with Crippen molar-refractivity contribution in [3.63, 3.8) is 0 Å². The first kappa shape index (κ1) is 23.3. The second kappa shape index (κ2) is 9.64. The molecule has 5 aromatic carbocycles. The first-order valence-corrected chi connectivity index (χ1v) is 12.7. The molecule has 0 saturated carbocycles. The fourth-order valence-electron chi connectivity index (χ4n) is 3.99. The van der Waals surface area contributed by atoms with Crippen LogP contribution in [0.25, 0.3) is 21.5 Å². The predicted molar refractivity (Wildman–Crippen MR) is 142 cm³/mol. The number of aryl methyl sites for hydroxylation is 1. The Balaban J connectivity index is 1.49. The van der Waals surface area contributed by atoms with Crippen molar-refractivity contribution in [1.29, 1.82) is 0 Å². The van der Waals surface area contributed by atoms with Gasteiger partial charge in [-0.2, -0.15) is 13.5 Å². The molecule has 0 radical (unpaired) electrons. The van der Waals surface area contributed by atoms with Crippen LogP contribution in [0.5, 0.6) is 5.75 Å². The molecule has 0 heterocycles. The van der Waals surface area contributed by atoms with Crippen molar-refractivity contribution in [3.8, 4) is 5.75 Å². The molecule has 0 aromatic heterocycles. The maximum absolute atomic E-state index is 13.2. The van der Waals surface area contributed by atoms with E-state index in [0.29, 0.717) is 11.1 Å². The number of carbonyl (C=O) groups is 1. The zero-order chi connectivity index (χ0) is 25.1. The third-order valence-corrected chi connectivity index (χ3v) is 7.08. The molecule has 0 aliphatic carbocycles. The van der Waals surface area contributed by atoms with Crippen LogP contribution in [0.2, 0.25) is 0 Å². The minimum atomic E-state index is -3.86. The first-order valence-electron chi connectivity index (χ1n) is 11.3. The fourth-order valence-corrected chi connectivity index (χ4v) is 4.78. The summed E-state index contributed by atoms with van der Waals surface area (Å²) in [5.41, 5.74) is 1.86. The van der Waals surface area contributed by atoms with Crippen LogP contribution in [-0.4, -0.2) is 20.6 Å². The number of carbonyl (C=O) groups excluding carboxylic acids is 1. The molecular formula is C29H22N2O4S. The molecule has 5 aromatic rings. The van der Waals surface area contributed by atoms with Gasteiger partial charge in [-0.1, -0.05) is 84.4 Å². The first-order chi connectivity index (χ1) is 17.4. The van der Waals surface area contributed by atoms with Gasteiger partial charge in [-0.15, -0.1) is 0 Å². The maximum atomic E-state index is 13.2. The predicted octanol–water partition coefficient (Wildman–Crippen LogP) is 5.83. The molecule has 5 rings (SSSR count). The molecule has 0 fully saturated rings. The van der Waals surface area contributed by atoms with Crippen molar-refractivity contribution < 1.29 is 17.9 Å². The lowest BCUT2D eigenvalue weighted by Crippen LogP contribution is -2.18. The highest BCUT2D eigenvalue weighted by molar-refractivity contribution is 7.89. The van der Waals surface area contributed by atoms with E-state index in [9.17, 15) is 13.2 Å². The van der Waals surface area contributed by atoms with Crippen LogP contribution >= 0.6 is 0 Å². The lowest BCUT2D eigenvalue weighted by atomic mass is 10.0. The molecule has 7 heteroatoms. The summed E-state index contributed by atoms with van der Waals surface area (Å²) < 4.78 is 31.1. The molecule has 0 aliphatic heterocycles. The van der Waals surface area contributed by atoms with Crippen molar-refractivity contribution >= 4 is 43.8 Å². The highest BCUT2D eigenvalue weighted by atomic mass is 32.2. The van der Waals surface area contributed by atoms with Crippen LogP contribution in [0.1, 0.15) is 21.5 Å². The van der Waals surface area contributed by atoms with Gasteiger partial charge in [0.15, 0.2) is 0 Å². The Morgan fingerprint density at radius 2 is 1.42 bits per heavy atom. The molecule has 0 spiro atoms. The Morgan fingerprint density at radius 1 is 0.778 bits per heavy atom. The number of rotatable bonds is 6. The van der Waals surface area contributed by atoms with E-state index < -0.39 is 16.0 Å². The van der Waals surface area contributed by atoms with Crippen molar-refractivity contribution in [1.82, 2.24) is 4.83 Å². The molecule has 6 nitrogen and oxygen atoms in total. The van der Waals surface area contributed by atoms with Gasteiger partial charge in [0.25, 0.3) is 10.0 Å². The van der Waals surface area contributed by atoms with Gasteiger partial charge in [0, 0.05) is 5.56 Å². The van der Waals surface area contributed by atoms with Gasteiger partial charge in [-0.05, 0) is 52.7 Å². The van der Waals surface area contributed by atoms with Gasteiger partial charge in [0.2, 0.25) is 0 Å². The Bertz CT molecular complexity index is 1720. The maximum Gasteiger partial charge on any atom is 0.344 e. The number of benzene rings is 5. The molecular weight excluding hydrogens is 472 g/mol. The summed E-state index contributed by atoms with van der Waals surface area (Å²) in [7, 11) is -3.86. The zero-order valence-corrected chi connectivity index (χ0v) is 20.2. The summed E-state index contributed by atoms with van der Waals surface area (Å²) in [4.78, 5) is 15.5. The van der Waals surface area contributed by atoms with E-state index in [0.717, 1.165) is 27.1 Å². The van der Waals surface area contributed by atoms with Gasteiger partial charge >= 0.3 is 5.97 Å². The summed E-state index contributed by atoms with van der Waals surface area (Å²) >= 11 is 0. The largest absolute Gasteiger partial charge is 0.422 e. The minimum absolute atomic E-state index is 0.103. The Hall–Kier alpha value is -4.49. The number of nitrogens with one attached hydrogen (secondary N) is 1. The third kappa shape index (κ3) is 4.69. The van der Waals surface area contributed by atoms with E-state index in [1.807, 2.05) is 73.7 Å². The highest BCUT2D eigenvalue weighted by Crippen LogP contribution is 2.28. The summed E-state index contributed by atoms with van der Waals surface area (Å²) in [5, 5.41) is 7.37. The van der Waals surface area contributed by atoms with Crippen LogP contribution < -0.4 is 9.57 Å². The lowest BCUT2D eigenvalue weighted by molar-refractivity contribution is 0.0737. The number of hydrazone groups is 1. The van der Waals surface area contributed by atoms with Crippen molar-refractivity contribution in [2.45, 2.75) is 11.8 Å². The molecule has 0 amide bonds. The van der Waals surface area contributed by atoms with Crippen LogP contribution in [-0.2, 0) is 10.0 Å². The van der Waals surface area contributed by atoms with E-state index in [4.69, 9.17) is 4.74 Å². The molecule has 0 atom stereocenters. The third-order valence-electron chi connectivity index (χ3n) is 5.84. The molecule has 36 heavy (non-hydrogen) atoms. The number of nitrogens with zero attached hydrogens (tertiary/aromatic N) is 1. The van der Waals surface area contributed by atoms with E-state index in [-0.39, 0.29) is 10.6 Å². The number of esters is 1. The van der Waals surface area contributed by atoms with Gasteiger partial charge in [0.1, 0.15) is 5.75 Å². The highest BCUT2D eigenvalue weighted by Gasteiger charge is 2.16. The standard InChI is InChI=1S/C29H22N2O4S/c1-20-13-16-23(17-14-20)36(33,34)31-30-19-27-25-11-5-3-8-22(25)15-18-28(27)35-29(32)26-12-6-9-21-7-2-4-10-24(21)26/h2-19,31H,1H3/b30-19-. The number of hydrogen-bond acceptors (Lipinski definition) is 5. The van der Waals surface area contributed by atoms with E-state index in [1.54, 1.807) is 24.3 Å². The van der Waals surface area contributed by atoms with Crippen molar-refractivity contribution in [3.05, 3.63) is 120 Å². The summed E-state index contributed by atoms with van der Waals surface area (Å²) in [6.45, 7) is 1.88. The van der Waals surface area contributed by atoms with Gasteiger partial charge in [-0.3, -0.25) is 0 Å². The van der Waals surface area contributed by atoms with Gasteiger partial charge < -0.3 is 4.74 Å². The molecule has 178 valence electrons. The van der Waals surface area contributed by atoms with Gasteiger partial charge in [-0.25, -0.2) is 9.63 Å². The second-order valence-electron chi connectivity index (χ2n) is 8.28. The monoisotopic (exact) mass is 494 g/mol. The van der Waals surface area contributed by atoms with Crippen molar-refractivity contribution in [2.24, 2.45) is 5.10 Å². The van der Waals surface area contributed by atoms with Crippen LogP contribution in [0, 0.1) is 6.92 Å². The SMILES string of the molecule is Cc1ccc(S(=O)(=O)N/N=C\c2c(OC(=O)c3cccc4ccccc34)ccc3ccccc23)cc1. The quantitative estimate of drug-likeness (QED) is 0.139. The fraction of sp³-hybridized carbons (Fsp3) is 0.0345. The minimum Gasteiger partial charge on any atom is -0.422 e. The normalized spacial score (nSPS) is 11.7. The lowest BCUT2D eigenvalue weighted by Gasteiger charge is -2.12. The molecule has 0 aliphatic rings.